The monoisotopic (exact) mass is 304 g/mol. The lowest BCUT2D eigenvalue weighted by molar-refractivity contribution is -0.145. The van der Waals surface area contributed by atoms with E-state index in [1.54, 1.807) is 13.0 Å². The number of carbonyl (C=O) groups is 1. The summed E-state index contributed by atoms with van der Waals surface area (Å²) in [4.78, 5) is 11.2. The van der Waals surface area contributed by atoms with E-state index in [1.165, 1.54) is 19.2 Å². The van der Waals surface area contributed by atoms with E-state index in [-0.39, 0.29) is 12.0 Å². The summed E-state index contributed by atoms with van der Waals surface area (Å²) in [6.45, 7) is 1.63. The van der Waals surface area contributed by atoms with Crippen LogP contribution in [0, 0.1) is 11.7 Å². The van der Waals surface area contributed by atoms with Crippen LogP contribution in [0.1, 0.15) is 25.0 Å². The van der Waals surface area contributed by atoms with Gasteiger partial charge in [0, 0.05) is 10.0 Å². The van der Waals surface area contributed by atoms with E-state index >= 15 is 0 Å². The topological polar surface area (TPSA) is 46.5 Å². The second-order valence-corrected chi connectivity index (χ2v) is 4.76. The van der Waals surface area contributed by atoms with Gasteiger partial charge in [0.2, 0.25) is 0 Å². The lowest BCUT2D eigenvalue weighted by atomic mass is 9.98. The quantitative estimate of drug-likeness (QED) is 0.870. The number of benzene rings is 1. The van der Waals surface area contributed by atoms with Gasteiger partial charge in [-0.2, -0.15) is 0 Å². The minimum atomic E-state index is -1.02. The lowest BCUT2D eigenvalue weighted by Crippen LogP contribution is -2.16. The molecule has 3 nitrogen and oxygen atoms in total. The fraction of sp³-hybridized carbons (Fsp3) is 0.417. The number of esters is 1. The van der Waals surface area contributed by atoms with Gasteiger partial charge in [-0.3, -0.25) is 4.79 Å². The van der Waals surface area contributed by atoms with E-state index in [0.29, 0.717) is 4.47 Å². The Kier molecular flexibility index (Phi) is 5.08. The smallest absolute Gasteiger partial charge is 0.308 e. The first-order chi connectivity index (χ1) is 7.95. The first-order valence-electron chi connectivity index (χ1n) is 5.16. The third-order valence-electron chi connectivity index (χ3n) is 2.50. The fourth-order valence-corrected chi connectivity index (χ4v) is 1.86. The molecule has 0 aliphatic heterocycles. The van der Waals surface area contributed by atoms with E-state index in [4.69, 9.17) is 0 Å². The van der Waals surface area contributed by atoms with Crippen molar-refractivity contribution in [2.24, 2.45) is 5.92 Å². The normalized spacial score (nSPS) is 14.2. The van der Waals surface area contributed by atoms with Gasteiger partial charge >= 0.3 is 5.97 Å². The first-order valence-corrected chi connectivity index (χ1v) is 5.95. The van der Waals surface area contributed by atoms with E-state index in [0.717, 1.165) is 0 Å². The van der Waals surface area contributed by atoms with Crippen molar-refractivity contribution in [1.29, 1.82) is 0 Å². The predicted octanol–water partition coefficient (Wildman–Crippen LogP) is 2.82. The maximum Gasteiger partial charge on any atom is 0.308 e. The van der Waals surface area contributed by atoms with Crippen LogP contribution in [0.4, 0.5) is 4.39 Å². The summed E-state index contributed by atoms with van der Waals surface area (Å²) in [7, 11) is 1.28. The van der Waals surface area contributed by atoms with Crippen LogP contribution in [0.5, 0.6) is 0 Å². The van der Waals surface area contributed by atoms with Gasteiger partial charge in [0.05, 0.1) is 19.1 Å². The number of aliphatic hydroxyl groups excluding tert-OH is 1. The summed E-state index contributed by atoms with van der Waals surface area (Å²) in [6.07, 6.45) is -0.886. The molecule has 0 saturated carbocycles. The second-order valence-electron chi connectivity index (χ2n) is 3.84. The molecule has 0 aliphatic carbocycles. The number of hydrogen-bond donors (Lipinski definition) is 1. The van der Waals surface area contributed by atoms with Crippen LogP contribution in [-0.2, 0) is 9.53 Å². The molecule has 1 N–H and O–H groups in total. The zero-order valence-corrected chi connectivity index (χ0v) is 11.2. The van der Waals surface area contributed by atoms with Gasteiger partial charge in [0.25, 0.3) is 0 Å². The van der Waals surface area contributed by atoms with Gasteiger partial charge in [-0.15, -0.1) is 0 Å². The number of aliphatic hydroxyl groups is 1. The molecule has 0 fully saturated rings. The number of carbonyl (C=O) groups excluding carboxylic acids is 1. The van der Waals surface area contributed by atoms with Crippen molar-refractivity contribution in [3.05, 3.63) is 34.1 Å². The summed E-state index contributed by atoms with van der Waals surface area (Å²) in [5, 5.41) is 9.84. The van der Waals surface area contributed by atoms with Crippen LogP contribution < -0.4 is 0 Å². The Hall–Kier alpha value is -0.940. The van der Waals surface area contributed by atoms with Crippen molar-refractivity contribution in [3.63, 3.8) is 0 Å². The van der Waals surface area contributed by atoms with Crippen molar-refractivity contribution < 1.29 is 19.0 Å². The molecule has 0 amide bonds. The second kappa shape index (κ2) is 6.12. The highest BCUT2D eigenvalue weighted by Crippen LogP contribution is 2.26. The average Bonchev–Trinajstić information content (AvgIpc) is 2.27. The van der Waals surface area contributed by atoms with Gasteiger partial charge < -0.3 is 9.84 Å². The van der Waals surface area contributed by atoms with E-state index in [1.807, 2.05) is 0 Å². The van der Waals surface area contributed by atoms with Crippen LogP contribution in [0.25, 0.3) is 0 Å². The molecular formula is C12H14BrFO3. The molecule has 0 radical (unpaired) electrons. The molecule has 0 saturated heterocycles. The molecule has 0 aromatic heterocycles. The third kappa shape index (κ3) is 3.78. The van der Waals surface area contributed by atoms with Crippen molar-refractivity contribution in [3.8, 4) is 0 Å². The molecule has 5 heteroatoms. The third-order valence-corrected chi connectivity index (χ3v) is 3.00. The highest BCUT2D eigenvalue weighted by atomic mass is 79.9. The lowest BCUT2D eigenvalue weighted by Gasteiger charge is -2.15. The van der Waals surface area contributed by atoms with Crippen LogP contribution >= 0.6 is 15.9 Å². The molecule has 0 aliphatic rings. The molecule has 1 rings (SSSR count). The number of methoxy groups -OCH3 is 1. The molecule has 17 heavy (non-hydrogen) atoms. The van der Waals surface area contributed by atoms with Gasteiger partial charge in [-0.25, -0.2) is 4.39 Å². The Morgan fingerprint density at radius 3 is 2.76 bits per heavy atom. The highest BCUT2D eigenvalue weighted by molar-refractivity contribution is 9.10. The Morgan fingerprint density at radius 2 is 2.24 bits per heavy atom. The van der Waals surface area contributed by atoms with E-state index in [2.05, 4.69) is 20.7 Å². The summed E-state index contributed by atoms with van der Waals surface area (Å²) in [5.74, 6) is -1.39. The van der Waals surface area contributed by atoms with Crippen LogP contribution in [-0.4, -0.2) is 18.2 Å². The maximum absolute atomic E-state index is 13.5. The van der Waals surface area contributed by atoms with Crippen molar-refractivity contribution >= 4 is 21.9 Å². The summed E-state index contributed by atoms with van der Waals surface area (Å²) >= 11 is 3.13. The number of ether oxygens (including phenoxy) is 1. The standard InChI is InChI=1S/C12H14BrFO3/c1-7(12(16)17-2)5-11(15)9-4-3-8(13)6-10(9)14/h3-4,6-7,11,15H,5H2,1-2H3. The van der Waals surface area contributed by atoms with E-state index in [9.17, 15) is 14.3 Å². The predicted molar refractivity (Wildman–Crippen MR) is 64.9 cm³/mol. The molecule has 2 atom stereocenters. The zero-order chi connectivity index (χ0) is 13.0. The largest absolute Gasteiger partial charge is 0.469 e. The van der Waals surface area contributed by atoms with Crippen molar-refractivity contribution in [1.82, 2.24) is 0 Å². The molecule has 0 heterocycles. The average molecular weight is 305 g/mol. The summed E-state index contributed by atoms with van der Waals surface area (Å²) in [5.41, 5.74) is 0.184. The Balaban J connectivity index is 2.76. The number of rotatable bonds is 4. The molecule has 0 spiro atoms. The number of hydrogen-bond acceptors (Lipinski definition) is 3. The molecule has 0 bridgehead atoms. The maximum atomic E-state index is 13.5. The molecule has 1 aromatic rings. The molecular weight excluding hydrogens is 291 g/mol. The van der Waals surface area contributed by atoms with Gasteiger partial charge in [0.15, 0.2) is 0 Å². The Labute approximate surface area is 108 Å². The molecule has 2 unspecified atom stereocenters. The van der Waals surface area contributed by atoms with Crippen molar-refractivity contribution in [2.45, 2.75) is 19.4 Å². The molecule has 1 aromatic carbocycles. The molecule has 94 valence electrons. The minimum Gasteiger partial charge on any atom is -0.469 e. The Morgan fingerprint density at radius 1 is 1.59 bits per heavy atom. The van der Waals surface area contributed by atoms with Gasteiger partial charge in [-0.05, 0) is 18.6 Å². The Bertz CT molecular complexity index is 409. The SMILES string of the molecule is COC(=O)C(C)CC(O)c1ccc(Br)cc1F. The van der Waals surface area contributed by atoms with Gasteiger partial charge in [0.1, 0.15) is 5.82 Å². The van der Waals surface area contributed by atoms with Crippen LogP contribution in [0.15, 0.2) is 22.7 Å². The zero-order valence-electron chi connectivity index (χ0n) is 9.61. The fourth-order valence-electron chi connectivity index (χ4n) is 1.53. The van der Waals surface area contributed by atoms with Crippen LogP contribution in [0.2, 0.25) is 0 Å². The first kappa shape index (κ1) is 14.1. The highest BCUT2D eigenvalue weighted by Gasteiger charge is 2.21. The van der Waals surface area contributed by atoms with E-state index < -0.39 is 23.8 Å². The summed E-state index contributed by atoms with van der Waals surface area (Å²) < 4.78 is 18.7. The van der Waals surface area contributed by atoms with Gasteiger partial charge in [-0.1, -0.05) is 28.9 Å². The van der Waals surface area contributed by atoms with Crippen molar-refractivity contribution in [2.75, 3.05) is 7.11 Å². The number of halogens is 2. The minimum absolute atomic E-state index is 0.130. The van der Waals surface area contributed by atoms with Crippen LogP contribution in [0.3, 0.4) is 0 Å². The summed E-state index contributed by atoms with van der Waals surface area (Å²) in [6, 6.07) is 4.42.